The summed E-state index contributed by atoms with van der Waals surface area (Å²) >= 11 is 0. The number of sulfonamides is 1. The van der Waals surface area contributed by atoms with Crippen LogP contribution in [0.5, 0.6) is 0 Å². The number of nitrogens with zero attached hydrogens (tertiary/aromatic N) is 4. The van der Waals surface area contributed by atoms with E-state index >= 15 is 0 Å². The fraction of sp³-hybridized carbons (Fsp3) is 0.381. The molecule has 4 rings (SSSR count). The smallest absolute Gasteiger partial charge is 0.328 e. The Hall–Kier alpha value is -2.58. The second-order valence-corrected chi connectivity index (χ2v) is 9.70. The first-order valence-electron chi connectivity index (χ1n) is 9.66. The third-order valence-corrected chi connectivity index (χ3v) is 7.73. The van der Waals surface area contributed by atoms with Crippen LogP contribution >= 0.6 is 0 Å². The van der Waals surface area contributed by atoms with Crippen molar-refractivity contribution in [2.45, 2.75) is 23.8 Å². The fourth-order valence-electron chi connectivity index (χ4n) is 4.15. The molecule has 8 heteroatoms. The molecule has 0 amide bonds. The Labute approximate surface area is 170 Å². The Kier molecular flexibility index (Phi) is 4.78. The van der Waals surface area contributed by atoms with Crippen LogP contribution in [0.2, 0.25) is 0 Å². The van der Waals surface area contributed by atoms with Crippen LogP contribution in [0.25, 0.3) is 11.0 Å². The lowest BCUT2D eigenvalue weighted by molar-refractivity contribution is 0.397. The zero-order valence-corrected chi connectivity index (χ0v) is 18.0. The number of rotatable bonds is 4. The van der Waals surface area contributed by atoms with E-state index in [0.717, 1.165) is 24.1 Å². The lowest BCUT2D eigenvalue weighted by Crippen LogP contribution is -2.30. The van der Waals surface area contributed by atoms with Crippen LogP contribution in [-0.4, -0.2) is 42.5 Å². The Morgan fingerprint density at radius 1 is 1.00 bits per heavy atom. The predicted molar refractivity (Wildman–Crippen MR) is 115 cm³/mol. The van der Waals surface area contributed by atoms with E-state index in [2.05, 4.69) is 6.07 Å². The van der Waals surface area contributed by atoms with Crippen molar-refractivity contribution in [2.24, 2.45) is 14.1 Å². The fourth-order valence-corrected chi connectivity index (χ4v) is 5.86. The first-order chi connectivity index (χ1) is 13.7. The predicted octanol–water partition coefficient (Wildman–Crippen LogP) is 2.47. The molecule has 0 N–H and O–H groups in total. The summed E-state index contributed by atoms with van der Waals surface area (Å²) in [5.41, 5.74) is 3.21. The van der Waals surface area contributed by atoms with Gasteiger partial charge in [-0.1, -0.05) is 12.1 Å². The van der Waals surface area contributed by atoms with Crippen LogP contribution in [0, 0.1) is 0 Å². The molecule has 29 heavy (non-hydrogen) atoms. The van der Waals surface area contributed by atoms with Crippen molar-refractivity contribution < 1.29 is 8.42 Å². The maximum absolute atomic E-state index is 13.5. The molecule has 1 aliphatic rings. The molecule has 1 saturated heterocycles. The lowest BCUT2D eigenvalue weighted by atomic mass is 10.0. The van der Waals surface area contributed by atoms with E-state index in [4.69, 9.17) is 0 Å². The van der Waals surface area contributed by atoms with E-state index in [9.17, 15) is 13.2 Å². The van der Waals surface area contributed by atoms with Crippen LogP contribution < -0.4 is 10.6 Å². The molecular weight excluding hydrogens is 388 g/mol. The van der Waals surface area contributed by atoms with Crippen LogP contribution in [0.3, 0.4) is 0 Å². The van der Waals surface area contributed by atoms with Gasteiger partial charge in [0.2, 0.25) is 10.0 Å². The van der Waals surface area contributed by atoms with Gasteiger partial charge in [-0.2, -0.15) is 4.31 Å². The van der Waals surface area contributed by atoms with E-state index in [1.807, 2.05) is 37.2 Å². The second-order valence-electron chi connectivity index (χ2n) is 7.81. The number of aryl methyl sites for hydroxylation is 2. The van der Waals surface area contributed by atoms with Crippen LogP contribution in [0.4, 0.5) is 5.69 Å². The minimum atomic E-state index is -3.69. The highest BCUT2D eigenvalue weighted by Gasteiger charge is 2.36. The summed E-state index contributed by atoms with van der Waals surface area (Å²) in [5.74, 6) is 0. The summed E-state index contributed by atoms with van der Waals surface area (Å²) in [4.78, 5) is 14.4. The number of anilines is 1. The van der Waals surface area contributed by atoms with Crippen molar-refractivity contribution in [1.29, 1.82) is 0 Å². The molecule has 1 atom stereocenters. The maximum Gasteiger partial charge on any atom is 0.328 e. The molecular formula is C21H26N4O3S. The van der Waals surface area contributed by atoms with Gasteiger partial charge < -0.3 is 4.90 Å². The van der Waals surface area contributed by atoms with Gasteiger partial charge in [-0.15, -0.1) is 0 Å². The van der Waals surface area contributed by atoms with Gasteiger partial charge >= 0.3 is 5.69 Å². The summed E-state index contributed by atoms with van der Waals surface area (Å²) in [6.07, 6.45) is 1.62. The normalized spacial score (nSPS) is 17.9. The summed E-state index contributed by atoms with van der Waals surface area (Å²) in [5, 5.41) is 0. The monoisotopic (exact) mass is 414 g/mol. The first-order valence-corrected chi connectivity index (χ1v) is 11.1. The van der Waals surface area contributed by atoms with Gasteiger partial charge in [0, 0.05) is 40.4 Å². The molecule has 0 aliphatic carbocycles. The zero-order valence-electron chi connectivity index (χ0n) is 17.2. The topological polar surface area (TPSA) is 67.6 Å². The van der Waals surface area contributed by atoms with E-state index in [1.54, 1.807) is 36.6 Å². The van der Waals surface area contributed by atoms with Gasteiger partial charge in [0.15, 0.2) is 0 Å². The molecule has 1 fully saturated rings. The molecule has 3 aromatic rings. The van der Waals surface area contributed by atoms with Crippen molar-refractivity contribution in [3.63, 3.8) is 0 Å². The molecule has 2 aromatic carbocycles. The molecule has 1 unspecified atom stereocenters. The summed E-state index contributed by atoms with van der Waals surface area (Å²) in [6, 6.07) is 12.8. The van der Waals surface area contributed by atoms with E-state index < -0.39 is 10.0 Å². The van der Waals surface area contributed by atoms with E-state index in [-0.39, 0.29) is 16.6 Å². The molecule has 2 heterocycles. The highest BCUT2D eigenvalue weighted by atomic mass is 32.2. The first kappa shape index (κ1) is 19.7. The van der Waals surface area contributed by atoms with Crippen LogP contribution in [0.15, 0.2) is 52.2 Å². The van der Waals surface area contributed by atoms with Crippen molar-refractivity contribution in [3.05, 3.63) is 58.5 Å². The Bertz CT molecular complexity index is 1240. The molecule has 0 spiro atoms. The third-order valence-electron chi connectivity index (χ3n) is 5.83. The van der Waals surface area contributed by atoms with Crippen molar-refractivity contribution in [2.75, 3.05) is 25.5 Å². The lowest BCUT2D eigenvalue weighted by Gasteiger charge is -2.25. The van der Waals surface area contributed by atoms with Crippen LogP contribution in [-0.2, 0) is 24.1 Å². The summed E-state index contributed by atoms with van der Waals surface area (Å²) in [7, 11) is 3.61. The Balaban J connectivity index is 1.76. The van der Waals surface area contributed by atoms with Crippen molar-refractivity contribution in [1.82, 2.24) is 13.4 Å². The highest BCUT2D eigenvalue weighted by Crippen LogP contribution is 2.37. The van der Waals surface area contributed by atoms with Crippen molar-refractivity contribution >= 4 is 26.7 Å². The molecule has 0 bridgehead atoms. The molecule has 1 aliphatic heterocycles. The molecule has 1 aromatic heterocycles. The number of aromatic nitrogens is 2. The SMILES string of the molecule is CN(C)c1cccc(C2CCCN2S(=O)(=O)c2ccc3c(c2)n(C)c(=O)n3C)c1. The minimum absolute atomic E-state index is 0.172. The second kappa shape index (κ2) is 7.03. The third kappa shape index (κ3) is 3.16. The average molecular weight is 415 g/mol. The van der Waals surface area contributed by atoms with E-state index in [0.29, 0.717) is 17.6 Å². The largest absolute Gasteiger partial charge is 0.378 e. The quantitative estimate of drug-likeness (QED) is 0.658. The maximum atomic E-state index is 13.5. The van der Waals surface area contributed by atoms with Gasteiger partial charge in [-0.3, -0.25) is 9.13 Å². The molecule has 7 nitrogen and oxygen atoms in total. The molecule has 0 radical (unpaired) electrons. The number of hydrogen-bond donors (Lipinski definition) is 0. The average Bonchev–Trinajstić information content (AvgIpc) is 3.29. The van der Waals surface area contributed by atoms with Gasteiger partial charge in [0.1, 0.15) is 0 Å². The summed E-state index contributed by atoms with van der Waals surface area (Å²) in [6.45, 7) is 0.491. The van der Waals surface area contributed by atoms with Crippen LogP contribution in [0.1, 0.15) is 24.4 Å². The van der Waals surface area contributed by atoms with Gasteiger partial charge in [0.25, 0.3) is 0 Å². The van der Waals surface area contributed by atoms with Gasteiger partial charge in [0.05, 0.1) is 22.0 Å². The molecule has 0 saturated carbocycles. The number of hydrogen-bond acceptors (Lipinski definition) is 4. The minimum Gasteiger partial charge on any atom is -0.378 e. The van der Waals surface area contributed by atoms with Crippen molar-refractivity contribution in [3.8, 4) is 0 Å². The van der Waals surface area contributed by atoms with Gasteiger partial charge in [-0.05, 0) is 48.7 Å². The Morgan fingerprint density at radius 2 is 1.72 bits per heavy atom. The number of imidazole rings is 1. The number of fused-ring (bicyclic) bond motifs is 1. The molecule has 154 valence electrons. The number of benzene rings is 2. The summed E-state index contributed by atoms with van der Waals surface area (Å²) < 4.78 is 31.6. The Morgan fingerprint density at radius 3 is 2.45 bits per heavy atom. The van der Waals surface area contributed by atoms with Gasteiger partial charge in [-0.25, -0.2) is 13.2 Å². The zero-order chi connectivity index (χ0) is 20.9. The standard InChI is InChI=1S/C21H26N4O3S/c1-22(2)16-8-5-7-15(13-16)18-9-6-12-25(18)29(27,28)17-10-11-19-20(14-17)24(4)21(26)23(19)3/h5,7-8,10-11,13-14,18H,6,9,12H2,1-4H3. The van der Waals surface area contributed by atoms with E-state index in [1.165, 1.54) is 9.13 Å². The highest BCUT2D eigenvalue weighted by molar-refractivity contribution is 7.89.